The molecule has 0 N–H and O–H groups in total. The summed E-state index contributed by atoms with van der Waals surface area (Å²) in [5.41, 5.74) is 0.450. The Bertz CT molecular complexity index is 828. The van der Waals surface area contributed by atoms with Crippen LogP contribution in [0.2, 0.25) is 5.02 Å². The fraction of sp³-hybridized carbons (Fsp3) is 0.500. The number of halogens is 1. The van der Waals surface area contributed by atoms with E-state index < -0.39 is 0 Å². The molecule has 1 aromatic heterocycles. The summed E-state index contributed by atoms with van der Waals surface area (Å²) in [7, 11) is 1.77. The van der Waals surface area contributed by atoms with Crippen molar-refractivity contribution in [1.82, 2.24) is 24.6 Å². The van der Waals surface area contributed by atoms with Gasteiger partial charge in [0.05, 0.1) is 12.1 Å². The van der Waals surface area contributed by atoms with Gasteiger partial charge in [0.1, 0.15) is 25.0 Å². The molecule has 2 heterocycles. The SMILES string of the molecule is CN1CCCCN(C(=O)CCCn2cncn2)CCOc2ccc(Cl)cc2C1=O. The van der Waals surface area contributed by atoms with Crippen LogP contribution < -0.4 is 4.74 Å². The van der Waals surface area contributed by atoms with Crippen molar-refractivity contribution in [3.05, 3.63) is 41.4 Å². The summed E-state index contributed by atoms with van der Waals surface area (Å²) in [5, 5.41) is 4.55. The number of amides is 2. The number of aryl methyl sites for hydroxylation is 1. The first kappa shape index (κ1) is 21.1. The normalized spacial score (nSPS) is 15.9. The van der Waals surface area contributed by atoms with Crippen molar-refractivity contribution in [2.24, 2.45) is 0 Å². The molecule has 2 amide bonds. The van der Waals surface area contributed by atoms with E-state index in [9.17, 15) is 9.59 Å². The molecule has 0 unspecified atom stereocenters. The second-order valence-electron chi connectivity index (χ2n) is 7.07. The Hall–Kier alpha value is -2.61. The van der Waals surface area contributed by atoms with Gasteiger partial charge in [-0.25, -0.2) is 4.98 Å². The molecule has 0 spiro atoms. The number of nitrogens with zero attached hydrogens (tertiary/aromatic N) is 5. The maximum atomic E-state index is 12.7. The van der Waals surface area contributed by atoms with Crippen LogP contribution in [0, 0.1) is 0 Å². The molecule has 0 radical (unpaired) electrons. The van der Waals surface area contributed by atoms with Crippen molar-refractivity contribution in [2.75, 3.05) is 33.3 Å². The predicted molar refractivity (Wildman–Crippen MR) is 109 cm³/mol. The highest BCUT2D eigenvalue weighted by Gasteiger charge is 2.20. The van der Waals surface area contributed by atoms with E-state index in [1.54, 1.807) is 41.2 Å². The molecule has 0 saturated heterocycles. The minimum Gasteiger partial charge on any atom is -0.491 e. The molecule has 1 aromatic carbocycles. The number of rotatable bonds is 4. The van der Waals surface area contributed by atoms with Gasteiger partial charge in [-0.05, 0) is 37.5 Å². The first-order chi connectivity index (χ1) is 14.0. The number of benzene rings is 1. The number of hydrogen-bond acceptors (Lipinski definition) is 5. The zero-order valence-electron chi connectivity index (χ0n) is 16.6. The van der Waals surface area contributed by atoms with Crippen molar-refractivity contribution in [3.8, 4) is 5.75 Å². The Morgan fingerprint density at radius 3 is 2.86 bits per heavy atom. The summed E-state index contributed by atoms with van der Waals surface area (Å²) in [6.07, 6.45) is 5.94. The Morgan fingerprint density at radius 1 is 1.24 bits per heavy atom. The molecule has 3 rings (SSSR count). The van der Waals surface area contributed by atoms with Gasteiger partial charge in [0.2, 0.25) is 5.91 Å². The predicted octanol–water partition coefficient (Wildman–Crippen LogP) is 2.49. The number of carbonyl (C=O) groups excluding carboxylic acids is 2. The van der Waals surface area contributed by atoms with E-state index in [0.717, 1.165) is 12.8 Å². The van der Waals surface area contributed by atoms with Gasteiger partial charge in [-0.1, -0.05) is 11.6 Å². The van der Waals surface area contributed by atoms with Gasteiger partial charge in [-0.15, -0.1) is 0 Å². The monoisotopic (exact) mass is 419 g/mol. The molecule has 0 bridgehead atoms. The van der Waals surface area contributed by atoms with Crippen LogP contribution in [0.3, 0.4) is 0 Å². The fourth-order valence-electron chi connectivity index (χ4n) is 3.28. The topological polar surface area (TPSA) is 80.6 Å². The maximum absolute atomic E-state index is 12.7. The molecule has 8 nitrogen and oxygen atoms in total. The smallest absolute Gasteiger partial charge is 0.257 e. The van der Waals surface area contributed by atoms with Crippen molar-refractivity contribution in [2.45, 2.75) is 32.2 Å². The van der Waals surface area contributed by atoms with Crippen LogP contribution in [0.25, 0.3) is 0 Å². The Kier molecular flexibility index (Phi) is 7.46. The van der Waals surface area contributed by atoms with Crippen molar-refractivity contribution < 1.29 is 14.3 Å². The Balaban J connectivity index is 1.63. The summed E-state index contributed by atoms with van der Waals surface area (Å²) in [6, 6.07) is 5.04. The molecule has 9 heteroatoms. The quantitative estimate of drug-likeness (QED) is 0.760. The molecule has 156 valence electrons. The van der Waals surface area contributed by atoms with E-state index in [1.807, 2.05) is 4.90 Å². The van der Waals surface area contributed by atoms with Gasteiger partial charge < -0.3 is 14.5 Å². The molecule has 29 heavy (non-hydrogen) atoms. The summed E-state index contributed by atoms with van der Waals surface area (Å²) in [4.78, 5) is 32.8. The highest BCUT2D eigenvalue weighted by Crippen LogP contribution is 2.24. The van der Waals surface area contributed by atoms with Gasteiger partial charge in [0.15, 0.2) is 0 Å². The number of hydrogen-bond donors (Lipinski definition) is 0. The van der Waals surface area contributed by atoms with Crippen LogP contribution in [0.1, 0.15) is 36.0 Å². The second-order valence-corrected chi connectivity index (χ2v) is 7.50. The average molecular weight is 420 g/mol. The van der Waals surface area contributed by atoms with Gasteiger partial charge in [-0.3, -0.25) is 14.3 Å². The van der Waals surface area contributed by atoms with Gasteiger partial charge in [0.25, 0.3) is 5.91 Å². The largest absolute Gasteiger partial charge is 0.491 e. The highest BCUT2D eigenvalue weighted by molar-refractivity contribution is 6.31. The van der Waals surface area contributed by atoms with Gasteiger partial charge in [-0.2, -0.15) is 5.10 Å². The molecule has 0 fully saturated rings. The van der Waals surface area contributed by atoms with Crippen LogP contribution in [0.5, 0.6) is 5.75 Å². The minimum atomic E-state index is -0.107. The summed E-state index contributed by atoms with van der Waals surface area (Å²) in [5.74, 6) is 0.487. The van der Waals surface area contributed by atoms with E-state index in [1.165, 1.54) is 6.33 Å². The van der Waals surface area contributed by atoms with E-state index in [2.05, 4.69) is 10.1 Å². The average Bonchev–Trinajstić information content (AvgIpc) is 3.22. The van der Waals surface area contributed by atoms with Crippen LogP contribution >= 0.6 is 11.6 Å². The lowest BCUT2D eigenvalue weighted by Crippen LogP contribution is -2.37. The number of carbonyl (C=O) groups is 2. The first-order valence-corrected chi connectivity index (χ1v) is 10.2. The van der Waals surface area contributed by atoms with E-state index >= 15 is 0 Å². The summed E-state index contributed by atoms with van der Waals surface area (Å²) >= 11 is 6.08. The second kappa shape index (κ2) is 10.2. The van der Waals surface area contributed by atoms with E-state index in [-0.39, 0.29) is 11.8 Å². The van der Waals surface area contributed by atoms with Gasteiger partial charge >= 0.3 is 0 Å². The minimum absolute atomic E-state index is 0.103. The Morgan fingerprint density at radius 2 is 2.07 bits per heavy atom. The van der Waals surface area contributed by atoms with Crippen molar-refractivity contribution in [1.29, 1.82) is 0 Å². The molecular formula is C20H26ClN5O3. The third-order valence-electron chi connectivity index (χ3n) is 4.91. The highest BCUT2D eigenvalue weighted by atomic mass is 35.5. The number of aromatic nitrogens is 3. The molecular weight excluding hydrogens is 394 g/mol. The molecule has 2 aromatic rings. The standard InChI is InChI=1S/C20H26ClN5O3/c1-24-8-2-3-9-25(19(27)5-4-10-26-15-22-14-23-26)11-12-29-18-7-6-16(21)13-17(18)20(24)28/h6-7,13-15H,2-5,8-12H2,1H3. The third-order valence-corrected chi connectivity index (χ3v) is 5.14. The Labute approximate surface area is 175 Å². The van der Waals surface area contributed by atoms with E-state index in [4.69, 9.17) is 16.3 Å². The summed E-state index contributed by atoms with van der Waals surface area (Å²) < 4.78 is 7.58. The van der Waals surface area contributed by atoms with Gasteiger partial charge in [0, 0.05) is 38.1 Å². The maximum Gasteiger partial charge on any atom is 0.257 e. The van der Waals surface area contributed by atoms with Crippen LogP contribution in [-0.2, 0) is 11.3 Å². The lowest BCUT2D eigenvalue weighted by Gasteiger charge is -2.26. The number of ether oxygens (including phenoxy) is 1. The zero-order chi connectivity index (χ0) is 20.6. The third kappa shape index (κ3) is 5.93. The lowest BCUT2D eigenvalue weighted by molar-refractivity contribution is -0.131. The number of fused-ring (bicyclic) bond motifs is 1. The van der Waals surface area contributed by atoms with Crippen LogP contribution in [-0.4, -0.2) is 69.7 Å². The van der Waals surface area contributed by atoms with Crippen molar-refractivity contribution >= 4 is 23.4 Å². The molecule has 0 saturated carbocycles. The van der Waals surface area contributed by atoms with Crippen LogP contribution in [0.4, 0.5) is 0 Å². The van der Waals surface area contributed by atoms with Crippen molar-refractivity contribution in [3.63, 3.8) is 0 Å². The fourth-order valence-corrected chi connectivity index (χ4v) is 3.45. The molecule has 1 aliphatic rings. The lowest BCUT2D eigenvalue weighted by atomic mass is 10.1. The van der Waals surface area contributed by atoms with Crippen LogP contribution in [0.15, 0.2) is 30.9 Å². The molecule has 0 aliphatic carbocycles. The molecule has 0 atom stereocenters. The molecule has 1 aliphatic heterocycles. The first-order valence-electron chi connectivity index (χ1n) is 9.82. The van der Waals surface area contributed by atoms with E-state index in [0.29, 0.717) is 62.0 Å². The zero-order valence-corrected chi connectivity index (χ0v) is 17.3. The summed E-state index contributed by atoms with van der Waals surface area (Å²) in [6.45, 7) is 2.73.